The summed E-state index contributed by atoms with van der Waals surface area (Å²) in [6, 6.07) is 5.56. The minimum absolute atomic E-state index is 0.244. The minimum Gasteiger partial charge on any atom is -0.399 e. The Labute approximate surface area is 157 Å². The van der Waals surface area contributed by atoms with Crippen molar-refractivity contribution >= 4 is 12.6 Å². The van der Waals surface area contributed by atoms with Crippen molar-refractivity contribution < 1.29 is 18.4 Å². The first-order chi connectivity index (χ1) is 12.1. The predicted octanol–water partition coefficient (Wildman–Crippen LogP) is 3.12. The lowest BCUT2D eigenvalue weighted by molar-refractivity contribution is 0.00578. The first-order valence-electron chi connectivity index (χ1n) is 9.53. The highest BCUT2D eigenvalue weighted by atomic mass is 19.1. The van der Waals surface area contributed by atoms with Gasteiger partial charge in [0.25, 0.3) is 0 Å². The number of hydrogen-bond acceptors (Lipinski definition) is 4. The van der Waals surface area contributed by atoms with Gasteiger partial charge in [0.05, 0.1) is 17.3 Å². The molecule has 2 atom stereocenters. The van der Waals surface area contributed by atoms with Crippen LogP contribution in [-0.4, -0.2) is 49.0 Å². The van der Waals surface area contributed by atoms with Gasteiger partial charge in [-0.25, -0.2) is 4.39 Å². The fourth-order valence-corrected chi connectivity index (χ4v) is 3.74. The second kappa shape index (κ2) is 7.23. The number of methoxy groups -OCH3 is 1. The molecule has 2 aliphatic rings. The number of nitrogens with zero attached hydrogens (tertiary/aromatic N) is 1. The standard InChI is InChI=1S/C20H31BFNO3/c1-14-9-18(24-6)7-8-23(14)13-15-10-16(12-17(22)11-15)21-25-19(2,3)20(4,5)26-21/h10-12,14,18H,7-9,13H2,1-6H3. The average molecular weight is 363 g/mol. The van der Waals surface area contributed by atoms with Crippen molar-refractivity contribution in [1.29, 1.82) is 0 Å². The lowest BCUT2D eigenvalue weighted by Crippen LogP contribution is -2.43. The average Bonchev–Trinajstić information content (AvgIpc) is 2.77. The van der Waals surface area contributed by atoms with Gasteiger partial charge in [-0.2, -0.15) is 0 Å². The quantitative estimate of drug-likeness (QED) is 0.770. The Kier molecular flexibility index (Phi) is 5.51. The third kappa shape index (κ3) is 3.98. The minimum atomic E-state index is -0.536. The molecular weight excluding hydrogens is 332 g/mol. The summed E-state index contributed by atoms with van der Waals surface area (Å²) in [5, 5.41) is 0. The Morgan fingerprint density at radius 2 is 1.85 bits per heavy atom. The molecule has 1 aromatic rings. The maximum Gasteiger partial charge on any atom is 0.494 e. The van der Waals surface area contributed by atoms with Gasteiger partial charge in [0.1, 0.15) is 5.82 Å². The first-order valence-corrected chi connectivity index (χ1v) is 9.53. The molecule has 2 heterocycles. The van der Waals surface area contributed by atoms with Crippen molar-refractivity contribution in [1.82, 2.24) is 4.90 Å². The summed E-state index contributed by atoms with van der Waals surface area (Å²) in [4.78, 5) is 2.39. The molecule has 4 nitrogen and oxygen atoms in total. The van der Waals surface area contributed by atoms with Crippen LogP contribution >= 0.6 is 0 Å². The van der Waals surface area contributed by atoms with Crippen molar-refractivity contribution in [3.8, 4) is 0 Å². The molecule has 2 saturated heterocycles. The molecule has 0 saturated carbocycles. The summed E-state index contributed by atoms with van der Waals surface area (Å²) in [7, 11) is 1.24. The maximum atomic E-state index is 14.3. The zero-order valence-electron chi connectivity index (χ0n) is 16.8. The van der Waals surface area contributed by atoms with E-state index < -0.39 is 18.3 Å². The molecule has 0 spiro atoms. The number of halogens is 1. The second-order valence-electron chi connectivity index (χ2n) is 8.68. The van der Waals surface area contributed by atoms with Gasteiger partial charge in [-0.1, -0.05) is 6.07 Å². The molecule has 0 amide bonds. The Morgan fingerprint density at radius 1 is 1.19 bits per heavy atom. The van der Waals surface area contributed by atoms with Crippen molar-refractivity contribution in [2.45, 2.75) is 77.4 Å². The van der Waals surface area contributed by atoms with E-state index in [1.54, 1.807) is 13.2 Å². The molecule has 2 fully saturated rings. The van der Waals surface area contributed by atoms with Gasteiger partial charge >= 0.3 is 7.12 Å². The molecule has 2 aliphatic heterocycles. The molecule has 3 rings (SSSR count). The predicted molar refractivity (Wildman–Crippen MR) is 102 cm³/mol. The monoisotopic (exact) mass is 363 g/mol. The largest absolute Gasteiger partial charge is 0.494 e. The van der Waals surface area contributed by atoms with Gasteiger partial charge in [-0.3, -0.25) is 4.90 Å². The van der Waals surface area contributed by atoms with E-state index in [-0.39, 0.29) is 5.82 Å². The molecule has 6 heteroatoms. The third-order valence-electron chi connectivity index (χ3n) is 6.19. The number of likely N-dealkylation sites (tertiary alicyclic amines) is 1. The molecule has 2 unspecified atom stereocenters. The Morgan fingerprint density at radius 3 is 2.42 bits per heavy atom. The van der Waals surface area contributed by atoms with Gasteiger partial charge in [-0.05, 0) is 70.6 Å². The van der Waals surface area contributed by atoms with Crippen LogP contribution in [0, 0.1) is 5.82 Å². The highest BCUT2D eigenvalue weighted by Crippen LogP contribution is 2.36. The van der Waals surface area contributed by atoms with Gasteiger partial charge in [-0.15, -0.1) is 0 Å². The molecule has 0 aromatic heterocycles. The number of hydrogen-bond donors (Lipinski definition) is 0. The fourth-order valence-electron chi connectivity index (χ4n) is 3.74. The molecular formula is C20H31BFNO3. The van der Waals surface area contributed by atoms with Crippen LogP contribution in [-0.2, 0) is 20.6 Å². The Balaban J connectivity index is 1.75. The lowest BCUT2D eigenvalue weighted by Gasteiger charge is -2.37. The molecule has 0 aliphatic carbocycles. The molecule has 26 heavy (non-hydrogen) atoms. The Bertz CT molecular complexity index is 636. The normalized spacial score (nSPS) is 28.5. The van der Waals surface area contributed by atoms with E-state index in [1.165, 1.54) is 6.07 Å². The van der Waals surface area contributed by atoms with Crippen molar-refractivity contribution in [3.05, 3.63) is 29.6 Å². The van der Waals surface area contributed by atoms with E-state index >= 15 is 0 Å². The number of piperidine rings is 1. The van der Waals surface area contributed by atoms with E-state index in [0.29, 0.717) is 12.1 Å². The molecule has 144 valence electrons. The summed E-state index contributed by atoms with van der Waals surface area (Å²) < 4.78 is 31.9. The topological polar surface area (TPSA) is 30.9 Å². The highest BCUT2D eigenvalue weighted by molar-refractivity contribution is 6.62. The molecule has 0 N–H and O–H groups in total. The van der Waals surface area contributed by atoms with Crippen molar-refractivity contribution in [2.24, 2.45) is 0 Å². The first kappa shape index (κ1) is 19.8. The van der Waals surface area contributed by atoms with E-state index in [4.69, 9.17) is 14.0 Å². The van der Waals surface area contributed by atoms with Crippen LogP contribution in [0.15, 0.2) is 18.2 Å². The van der Waals surface area contributed by atoms with Crippen molar-refractivity contribution in [3.63, 3.8) is 0 Å². The van der Waals surface area contributed by atoms with E-state index in [0.717, 1.165) is 37.0 Å². The fraction of sp³-hybridized carbons (Fsp3) is 0.700. The second-order valence-corrected chi connectivity index (χ2v) is 8.68. The van der Waals surface area contributed by atoms with Gasteiger partial charge < -0.3 is 14.0 Å². The van der Waals surface area contributed by atoms with Gasteiger partial charge in [0.2, 0.25) is 0 Å². The number of benzene rings is 1. The van der Waals surface area contributed by atoms with Gasteiger partial charge in [0.15, 0.2) is 0 Å². The van der Waals surface area contributed by atoms with E-state index in [2.05, 4.69) is 11.8 Å². The molecule has 1 aromatic carbocycles. The zero-order chi connectivity index (χ0) is 19.1. The van der Waals surface area contributed by atoms with Crippen LogP contribution < -0.4 is 5.46 Å². The molecule has 0 radical (unpaired) electrons. The maximum absolute atomic E-state index is 14.3. The van der Waals surface area contributed by atoms with Crippen LogP contribution in [0.25, 0.3) is 0 Å². The lowest BCUT2D eigenvalue weighted by atomic mass is 9.78. The SMILES string of the molecule is COC1CCN(Cc2cc(F)cc(B3OC(C)(C)C(C)(C)O3)c2)C(C)C1. The Hall–Kier alpha value is -0.945. The van der Waals surface area contributed by atoms with Crippen LogP contribution in [0.4, 0.5) is 4.39 Å². The van der Waals surface area contributed by atoms with Crippen LogP contribution in [0.3, 0.4) is 0 Å². The van der Waals surface area contributed by atoms with Gasteiger partial charge in [0, 0.05) is 26.2 Å². The smallest absolute Gasteiger partial charge is 0.399 e. The van der Waals surface area contributed by atoms with Crippen molar-refractivity contribution in [2.75, 3.05) is 13.7 Å². The summed E-state index contributed by atoms with van der Waals surface area (Å²) in [5.41, 5.74) is 0.844. The summed E-state index contributed by atoms with van der Waals surface area (Å²) >= 11 is 0. The summed E-state index contributed by atoms with van der Waals surface area (Å²) in [5.74, 6) is -0.244. The zero-order valence-corrected chi connectivity index (χ0v) is 16.8. The highest BCUT2D eigenvalue weighted by Gasteiger charge is 2.51. The number of rotatable bonds is 4. The summed E-state index contributed by atoms with van der Waals surface area (Å²) in [6.07, 6.45) is 2.35. The van der Waals surface area contributed by atoms with Crippen LogP contribution in [0.5, 0.6) is 0 Å². The van der Waals surface area contributed by atoms with E-state index in [9.17, 15) is 4.39 Å². The van der Waals surface area contributed by atoms with Crippen LogP contribution in [0.1, 0.15) is 53.0 Å². The third-order valence-corrected chi connectivity index (χ3v) is 6.19. The molecule has 0 bridgehead atoms. The van der Waals surface area contributed by atoms with E-state index in [1.807, 2.05) is 33.8 Å². The summed E-state index contributed by atoms with van der Waals surface area (Å²) in [6.45, 7) is 11.9. The van der Waals surface area contributed by atoms with Crippen LogP contribution in [0.2, 0.25) is 0 Å². The number of ether oxygens (including phenoxy) is 1.